The Bertz CT molecular complexity index is 1620. The van der Waals surface area contributed by atoms with Crippen LogP contribution in [0.15, 0.2) is 18.2 Å². The zero-order valence-corrected chi connectivity index (χ0v) is 35.8. The van der Waals surface area contributed by atoms with Gasteiger partial charge < -0.3 is 36.0 Å². The van der Waals surface area contributed by atoms with Crippen molar-refractivity contribution in [1.82, 2.24) is 36.0 Å². The number of carbonyl (C=O) groups is 7. The van der Waals surface area contributed by atoms with Gasteiger partial charge in [0.2, 0.25) is 41.4 Å². The summed E-state index contributed by atoms with van der Waals surface area (Å²) < 4.78 is 0. The highest BCUT2D eigenvalue weighted by Crippen LogP contribution is 2.29. The van der Waals surface area contributed by atoms with Crippen molar-refractivity contribution >= 4 is 64.6 Å². The average molecular weight is 823 g/mol. The number of nitrogens with one attached hydrogen (secondary N) is 4. The molecule has 0 radical (unpaired) electrons. The van der Waals surface area contributed by atoms with E-state index in [9.17, 15) is 33.6 Å². The Morgan fingerprint density at radius 3 is 2.30 bits per heavy atom. The van der Waals surface area contributed by atoms with Crippen LogP contribution in [0.1, 0.15) is 99.0 Å². The van der Waals surface area contributed by atoms with E-state index in [-0.39, 0.29) is 37.6 Å². The standard InChI is InChI=1S/C40H61Cl2N7O7/c1-10-40(6,7)39(56)49-19-13-15-31(49)35(52)45-25(5)37(54)47(8)30-14-11-12-18-43-33(50)24(4)44-36(53)32(22-26-21-27(41)16-17-28(26)42)48(9)38(55)29(20-23(2)3)46-34(30)51/h16-17,21,23-25,29-32H,10-15,18-20,22H2,1-9H3,(H,43,50)(H,44,53)(H,45,52)(H,46,51)/t24-,25+,29+,30+,31+,32+/m1/s1. The van der Waals surface area contributed by atoms with Crippen molar-refractivity contribution in [2.24, 2.45) is 11.3 Å². The Morgan fingerprint density at radius 2 is 1.66 bits per heavy atom. The molecule has 2 fully saturated rings. The molecule has 2 heterocycles. The first-order valence-electron chi connectivity index (χ1n) is 19.7. The molecule has 16 heteroatoms. The molecule has 0 aromatic heterocycles. The van der Waals surface area contributed by atoms with Gasteiger partial charge in [0.05, 0.1) is 0 Å². The summed E-state index contributed by atoms with van der Waals surface area (Å²) >= 11 is 12.7. The van der Waals surface area contributed by atoms with Gasteiger partial charge in [-0.15, -0.1) is 0 Å². The molecule has 3 rings (SSSR count). The number of likely N-dealkylation sites (tertiary alicyclic amines) is 1. The van der Waals surface area contributed by atoms with Crippen LogP contribution in [-0.4, -0.2) is 119 Å². The van der Waals surface area contributed by atoms with E-state index in [1.807, 2.05) is 34.6 Å². The maximum absolute atomic E-state index is 14.3. The molecule has 0 unspecified atom stereocenters. The number of hydrogen-bond acceptors (Lipinski definition) is 7. The van der Waals surface area contributed by atoms with Crippen LogP contribution in [0.3, 0.4) is 0 Å². The number of likely N-dealkylation sites (N-methyl/N-ethyl adjacent to an activating group) is 2. The molecule has 2 aliphatic rings. The Balaban J connectivity index is 1.91. The quantitative estimate of drug-likeness (QED) is 0.280. The average Bonchev–Trinajstić information content (AvgIpc) is 3.64. The highest BCUT2D eigenvalue weighted by atomic mass is 35.5. The summed E-state index contributed by atoms with van der Waals surface area (Å²) in [4.78, 5) is 100. The first-order valence-corrected chi connectivity index (χ1v) is 20.4. The molecule has 1 aromatic rings. The van der Waals surface area contributed by atoms with Gasteiger partial charge in [-0.05, 0) is 88.5 Å². The van der Waals surface area contributed by atoms with Gasteiger partial charge in [0.25, 0.3) is 0 Å². The normalized spacial score (nSPS) is 24.0. The molecule has 0 aliphatic carbocycles. The molecule has 312 valence electrons. The van der Waals surface area contributed by atoms with Crippen LogP contribution in [-0.2, 0) is 40.0 Å². The minimum absolute atomic E-state index is 0.0310. The van der Waals surface area contributed by atoms with Crippen LogP contribution in [0, 0.1) is 11.3 Å². The molecule has 14 nitrogen and oxygen atoms in total. The lowest BCUT2D eigenvalue weighted by Gasteiger charge is -2.35. The molecule has 2 saturated heterocycles. The molecule has 0 spiro atoms. The van der Waals surface area contributed by atoms with Crippen molar-refractivity contribution < 1.29 is 33.6 Å². The third kappa shape index (κ3) is 12.0. The van der Waals surface area contributed by atoms with Gasteiger partial charge in [0, 0.05) is 49.1 Å². The Hall–Kier alpha value is -3.91. The van der Waals surface area contributed by atoms with E-state index in [1.54, 1.807) is 30.0 Å². The predicted octanol–water partition coefficient (Wildman–Crippen LogP) is 3.46. The van der Waals surface area contributed by atoms with Crippen molar-refractivity contribution in [3.05, 3.63) is 33.8 Å². The first kappa shape index (κ1) is 46.5. The lowest BCUT2D eigenvalue weighted by molar-refractivity contribution is -0.147. The second kappa shape index (κ2) is 20.5. The zero-order chi connectivity index (χ0) is 42.1. The van der Waals surface area contributed by atoms with Gasteiger partial charge >= 0.3 is 0 Å². The van der Waals surface area contributed by atoms with Crippen molar-refractivity contribution in [1.29, 1.82) is 0 Å². The largest absolute Gasteiger partial charge is 0.354 e. The molecular formula is C40H61Cl2N7O7. The summed E-state index contributed by atoms with van der Waals surface area (Å²) in [7, 11) is 2.94. The molecule has 0 saturated carbocycles. The van der Waals surface area contributed by atoms with Crippen LogP contribution < -0.4 is 21.3 Å². The lowest BCUT2D eigenvalue weighted by Crippen LogP contribution is -2.60. The number of rotatable bonds is 10. The van der Waals surface area contributed by atoms with Gasteiger partial charge in [-0.25, -0.2) is 0 Å². The number of halogens is 2. The van der Waals surface area contributed by atoms with Crippen molar-refractivity contribution in [3.63, 3.8) is 0 Å². The van der Waals surface area contributed by atoms with Gasteiger partial charge in [-0.2, -0.15) is 0 Å². The molecule has 2 aliphatic heterocycles. The summed E-state index contributed by atoms with van der Waals surface area (Å²) in [5.41, 5.74) is -0.127. The third-order valence-electron chi connectivity index (χ3n) is 10.9. The molecule has 56 heavy (non-hydrogen) atoms. The Labute approximate surface area is 341 Å². The van der Waals surface area contributed by atoms with Gasteiger partial charge in [-0.1, -0.05) is 57.8 Å². The topological polar surface area (TPSA) is 177 Å². The maximum Gasteiger partial charge on any atom is 0.245 e. The number of benzene rings is 1. The minimum Gasteiger partial charge on any atom is -0.354 e. The predicted molar refractivity (Wildman–Crippen MR) is 216 cm³/mol. The number of carbonyl (C=O) groups excluding carboxylic acids is 7. The fraction of sp³-hybridized carbons (Fsp3) is 0.675. The Morgan fingerprint density at radius 1 is 0.982 bits per heavy atom. The Kier molecular flexibility index (Phi) is 17.0. The smallest absolute Gasteiger partial charge is 0.245 e. The third-order valence-corrected chi connectivity index (χ3v) is 11.5. The minimum atomic E-state index is -1.14. The number of hydrogen-bond donors (Lipinski definition) is 4. The SMILES string of the molecule is CCC(C)(C)C(=O)N1CCC[C@H]1C(=O)N[C@@H](C)C(=O)N(C)[C@H]1CCCCNC(=O)[C@@H](C)NC(=O)[C@H](Cc2cc(Cl)ccc2Cl)N(C)C(=O)[C@H](CC(C)C)NC1=O. The van der Waals surface area contributed by atoms with Gasteiger partial charge in [0.15, 0.2) is 0 Å². The molecular weight excluding hydrogens is 761 g/mol. The van der Waals surface area contributed by atoms with Crippen LogP contribution in [0.5, 0.6) is 0 Å². The molecule has 1 aromatic carbocycles. The molecule has 4 N–H and O–H groups in total. The summed E-state index contributed by atoms with van der Waals surface area (Å²) in [6, 6.07) is -1.13. The van der Waals surface area contributed by atoms with E-state index in [1.165, 1.54) is 30.8 Å². The van der Waals surface area contributed by atoms with Gasteiger partial charge in [-0.3, -0.25) is 33.6 Å². The summed E-state index contributed by atoms with van der Waals surface area (Å²) in [6.07, 6.45) is 3.02. The molecule has 0 bridgehead atoms. The van der Waals surface area contributed by atoms with Crippen molar-refractivity contribution in [2.45, 2.75) is 136 Å². The van der Waals surface area contributed by atoms with E-state index < -0.39 is 77.1 Å². The highest BCUT2D eigenvalue weighted by molar-refractivity contribution is 6.33. The van der Waals surface area contributed by atoms with E-state index in [2.05, 4.69) is 21.3 Å². The fourth-order valence-corrected chi connectivity index (χ4v) is 7.42. The number of nitrogens with zero attached hydrogens (tertiary/aromatic N) is 3. The fourth-order valence-electron chi connectivity index (χ4n) is 7.03. The highest BCUT2D eigenvalue weighted by Gasteiger charge is 2.41. The van der Waals surface area contributed by atoms with Crippen molar-refractivity contribution in [2.75, 3.05) is 27.2 Å². The second-order valence-corrected chi connectivity index (χ2v) is 17.0. The maximum atomic E-state index is 14.3. The summed E-state index contributed by atoms with van der Waals surface area (Å²) in [6.45, 7) is 13.2. The molecule has 6 atom stereocenters. The van der Waals surface area contributed by atoms with Crippen LogP contribution in [0.2, 0.25) is 10.0 Å². The summed E-state index contributed by atoms with van der Waals surface area (Å²) in [5.74, 6) is -3.29. The van der Waals surface area contributed by atoms with E-state index in [0.717, 1.165) is 0 Å². The molecule has 7 amide bonds. The monoisotopic (exact) mass is 821 g/mol. The van der Waals surface area contributed by atoms with Crippen molar-refractivity contribution in [3.8, 4) is 0 Å². The first-order chi connectivity index (χ1) is 26.2. The van der Waals surface area contributed by atoms with Crippen LogP contribution in [0.4, 0.5) is 0 Å². The summed E-state index contributed by atoms with van der Waals surface area (Å²) in [5, 5.41) is 11.9. The zero-order valence-electron chi connectivity index (χ0n) is 34.3. The van der Waals surface area contributed by atoms with Crippen LogP contribution in [0.25, 0.3) is 0 Å². The van der Waals surface area contributed by atoms with Gasteiger partial charge in [0.1, 0.15) is 36.3 Å². The number of amides is 7. The van der Waals surface area contributed by atoms with E-state index in [0.29, 0.717) is 54.3 Å². The van der Waals surface area contributed by atoms with E-state index in [4.69, 9.17) is 23.2 Å². The lowest BCUT2D eigenvalue weighted by atomic mass is 9.88. The van der Waals surface area contributed by atoms with E-state index >= 15 is 0 Å². The second-order valence-electron chi connectivity index (χ2n) is 16.2. The van der Waals surface area contributed by atoms with Crippen LogP contribution >= 0.6 is 23.2 Å².